The van der Waals surface area contributed by atoms with Crippen LogP contribution in [-0.2, 0) is 5.75 Å². The average molecular weight is 398 g/mol. The second kappa shape index (κ2) is 8.07. The van der Waals surface area contributed by atoms with E-state index in [-0.39, 0.29) is 0 Å². The summed E-state index contributed by atoms with van der Waals surface area (Å²) >= 11 is 15.2. The minimum Gasteiger partial charge on any atom is -0.497 e. The number of nitrogens with zero attached hydrogens (tertiary/aromatic N) is 2. The van der Waals surface area contributed by atoms with Gasteiger partial charge in [-0.15, -0.1) is 10.2 Å². The van der Waals surface area contributed by atoms with Gasteiger partial charge in [0.05, 0.1) is 7.11 Å². The van der Waals surface area contributed by atoms with Crippen molar-refractivity contribution in [2.24, 2.45) is 0 Å². The zero-order valence-corrected chi connectivity index (χ0v) is 15.8. The average Bonchev–Trinajstić information content (AvgIpc) is 3.02. The molecular weight excluding hydrogens is 385 g/mol. The van der Waals surface area contributed by atoms with E-state index in [1.54, 1.807) is 24.9 Å². The fourth-order valence-electron chi connectivity index (χ4n) is 1.89. The number of thioether (sulfide) groups is 1. The Morgan fingerprint density at radius 2 is 1.92 bits per heavy atom. The highest BCUT2D eigenvalue weighted by atomic mass is 35.5. The Labute approximate surface area is 158 Å². The Morgan fingerprint density at radius 3 is 2.62 bits per heavy atom. The van der Waals surface area contributed by atoms with Gasteiger partial charge in [-0.05, 0) is 42.0 Å². The van der Waals surface area contributed by atoms with Crippen LogP contribution in [0.3, 0.4) is 0 Å². The molecule has 2 aromatic carbocycles. The first-order valence-corrected chi connectivity index (χ1v) is 9.51. The highest BCUT2D eigenvalue weighted by molar-refractivity contribution is 8.00. The van der Waals surface area contributed by atoms with Crippen LogP contribution in [-0.4, -0.2) is 17.3 Å². The second-order valence-electron chi connectivity index (χ2n) is 4.75. The van der Waals surface area contributed by atoms with Gasteiger partial charge in [-0.2, -0.15) is 0 Å². The first-order chi connectivity index (χ1) is 11.6. The van der Waals surface area contributed by atoms with E-state index in [0.717, 1.165) is 26.5 Å². The summed E-state index contributed by atoms with van der Waals surface area (Å²) in [4.78, 5) is 0. The van der Waals surface area contributed by atoms with Gasteiger partial charge in [0.2, 0.25) is 5.13 Å². The van der Waals surface area contributed by atoms with Crippen LogP contribution in [0, 0.1) is 0 Å². The lowest BCUT2D eigenvalue weighted by molar-refractivity contribution is 0.415. The van der Waals surface area contributed by atoms with E-state index in [9.17, 15) is 0 Å². The third-order valence-corrected chi connectivity index (χ3v) is 5.72. The molecule has 1 N–H and O–H groups in total. The van der Waals surface area contributed by atoms with Crippen molar-refractivity contribution in [3.63, 3.8) is 0 Å². The number of rotatable bonds is 6. The van der Waals surface area contributed by atoms with E-state index in [1.807, 2.05) is 36.4 Å². The molecule has 1 aromatic heterocycles. The van der Waals surface area contributed by atoms with Crippen LogP contribution in [0.5, 0.6) is 5.75 Å². The molecule has 0 aliphatic heterocycles. The fourth-order valence-corrected chi connectivity index (χ4v) is 4.23. The SMILES string of the molecule is COc1ccc(Nc2nnc(SCc3ccc(Cl)cc3Cl)s2)cc1. The molecule has 4 nitrogen and oxygen atoms in total. The number of ether oxygens (including phenoxy) is 1. The highest BCUT2D eigenvalue weighted by Gasteiger charge is 2.08. The number of hydrogen-bond donors (Lipinski definition) is 1. The van der Waals surface area contributed by atoms with Gasteiger partial charge in [-0.3, -0.25) is 0 Å². The molecule has 0 spiro atoms. The van der Waals surface area contributed by atoms with Crippen molar-refractivity contribution >= 4 is 57.1 Å². The minimum absolute atomic E-state index is 0.635. The lowest BCUT2D eigenvalue weighted by Gasteiger charge is -2.03. The van der Waals surface area contributed by atoms with E-state index in [4.69, 9.17) is 27.9 Å². The van der Waals surface area contributed by atoms with Gasteiger partial charge < -0.3 is 10.1 Å². The topological polar surface area (TPSA) is 47.0 Å². The number of methoxy groups -OCH3 is 1. The third kappa shape index (κ3) is 4.54. The summed E-state index contributed by atoms with van der Waals surface area (Å²) in [5, 5.41) is 13.6. The maximum atomic E-state index is 6.18. The predicted octanol–water partition coefficient (Wildman–Crippen LogP) is 5.89. The molecule has 0 fully saturated rings. The lowest BCUT2D eigenvalue weighted by Crippen LogP contribution is -1.89. The van der Waals surface area contributed by atoms with Crippen molar-refractivity contribution in [1.29, 1.82) is 0 Å². The van der Waals surface area contributed by atoms with E-state index < -0.39 is 0 Å². The van der Waals surface area contributed by atoms with Crippen LogP contribution < -0.4 is 10.1 Å². The van der Waals surface area contributed by atoms with Gasteiger partial charge in [-0.25, -0.2) is 0 Å². The summed E-state index contributed by atoms with van der Waals surface area (Å²) < 4.78 is 6.01. The summed E-state index contributed by atoms with van der Waals surface area (Å²) in [5.41, 5.74) is 1.95. The quantitative estimate of drug-likeness (QED) is 0.525. The van der Waals surface area contributed by atoms with Crippen molar-refractivity contribution in [2.75, 3.05) is 12.4 Å². The molecule has 24 heavy (non-hydrogen) atoms. The van der Waals surface area contributed by atoms with E-state index >= 15 is 0 Å². The largest absolute Gasteiger partial charge is 0.497 e. The van der Waals surface area contributed by atoms with E-state index in [0.29, 0.717) is 15.8 Å². The molecule has 8 heteroatoms. The standard InChI is InChI=1S/C16H13Cl2N3OS2/c1-22-13-6-4-12(5-7-13)19-15-20-21-16(24-15)23-9-10-2-3-11(17)8-14(10)18/h2-8H,9H2,1H3,(H,19,20). The predicted molar refractivity (Wildman–Crippen MR) is 102 cm³/mol. The summed E-state index contributed by atoms with van der Waals surface area (Å²) in [7, 11) is 1.64. The van der Waals surface area contributed by atoms with Gasteiger partial charge in [0.25, 0.3) is 0 Å². The Morgan fingerprint density at radius 1 is 1.12 bits per heavy atom. The Hall–Kier alpha value is -1.47. The van der Waals surface area contributed by atoms with Crippen molar-refractivity contribution < 1.29 is 4.74 Å². The third-order valence-electron chi connectivity index (χ3n) is 3.11. The number of hydrogen-bond acceptors (Lipinski definition) is 6. The van der Waals surface area contributed by atoms with Crippen molar-refractivity contribution in [1.82, 2.24) is 10.2 Å². The normalized spacial score (nSPS) is 10.6. The summed E-state index contributed by atoms with van der Waals surface area (Å²) in [5.74, 6) is 1.53. The molecule has 0 radical (unpaired) electrons. The molecule has 0 unspecified atom stereocenters. The monoisotopic (exact) mass is 397 g/mol. The Balaban J connectivity index is 1.60. The fraction of sp³-hybridized carbons (Fsp3) is 0.125. The van der Waals surface area contributed by atoms with Crippen LogP contribution >= 0.6 is 46.3 Å². The first kappa shape index (κ1) is 17.4. The molecule has 0 aliphatic carbocycles. The number of halogens is 2. The van der Waals surface area contributed by atoms with Crippen LogP contribution in [0.15, 0.2) is 46.8 Å². The zero-order chi connectivity index (χ0) is 16.9. The number of anilines is 2. The number of benzene rings is 2. The van der Waals surface area contributed by atoms with E-state index in [1.165, 1.54) is 11.3 Å². The molecular formula is C16H13Cl2N3OS2. The van der Waals surface area contributed by atoms with Crippen LogP contribution in [0.1, 0.15) is 5.56 Å². The molecule has 0 bridgehead atoms. The van der Waals surface area contributed by atoms with Crippen LogP contribution in [0.2, 0.25) is 10.0 Å². The molecule has 0 atom stereocenters. The minimum atomic E-state index is 0.635. The highest BCUT2D eigenvalue weighted by Crippen LogP contribution is 2.32. The molecule has 0 amide bonds. The molecule has 1 heterocycles. The smallest absolute Gasteiger partial charge is 0.210 e. The zero-order valence-electron chi connectivity index (χ0n) is 12.6. The molecule has 3 rings (SSSR count). The molecule has 0 saturated heterocycles. The molecule has 3 aromatic rings. The Bertz CT molecular complexity index is 824. The van der Waals surface area contributed by atoms with Gasteiger partial charge >= 0.3 is 0 Å². The van der Waals surface area contributed by atoms with Gasteiger partial charge in [0, 0.05) is 21.5 Å². The van der Waals surface area contributed by atoms with Crippen molar-refractivity contribution in [3.8, 4) is 5.75 Å². The lowest BCUT2D eigenvalue weighted by atomic mass is 10.2. The maximum Gasteiger partial charge on any atom is 0.210 e. The van der Waals surface area contributed by atoms with Gasteiger partial charge in [-0.1, -0.05) is 52.4 Å². The number of aromatic nitrogens is 2. The summed E-state index contributed by atoms with van der Waals surface area (Å²) in [6.07, 6.45) is 0. The van der Waals surface area contributed by atoms with Crippen molar-refractivity contribution in [3.05, 3.63) is 58.1 Å². The molecule has 124 valence electrons. The molecule has 0 aliphatic rings. The van der Waals surface area contributed by atoms with E-state index in [2.05, 4.69) is 15.5 Å². The summed E-state index contributed by atoms with van der Waals surface area (Å²) in [6.45, 7) is 0. The van der Waals surface area contributed by atoms with Crippen LogP contribution in [0.25, 0.3) is 0 Å². The van der Waals surface area contributed by atoms with Crippen molar-refractivity contribution in [2.45, 2.75) is 10.1 Å². The second-order valence-corrected chi connectivity index (χ2v) is 7.79. The number of nitrogens with one attached hydrogen (secondary N) is 1. The van der Waals surface area contributed by atoms with Gasteiger partial charge in [0.1, 0.15) is 5.75 Å². The Kier molecular flexibility index (Phi) is 5.84. The summed E-state index contributed by atoms with van der Waals surface area (Å²) in [6, 6.07) is 13.1. The maximum absolute atomic E-state index is 6.18. The molecule has 0 saturated carbocycles. The van der Waals surface area contributed by atoms with Crippen LogP contribution in [0.4, 0.5) is 10.8 Å². The first-order valence-electron chi connectivity index (χ1n) is 6.95. The van der Waals surface area contributed by atoms with Gasteiger partial charge in [0.15, 0.2) is 4.34 Å².